The Kier molecular flexibility index (Phi) is 7.44. The molecule has 0 spiro atoms. The molecule has 1 amide bonds. The summed E-state index contributed by atoms with van der Waals surface area (Å²) in [7, 11) is 5.58. The number of benzene rings is 3. The molecule has 7 heteroatoms. The molecule has 0 unspecified atom stereocenters. The van der Waals surface area contributed by atoms with Crippen molar-refractivity contribution in [2.75, 3.05) is 39.2 Å². The molecule has 0 aliphatic carbocycles. The van der Waals surface area contributed by atoms with Gasteiger partial charge in [-0.05, 0) is 49.3 Å². The minimum atomic E-state index is -0.961. The van der Waals surface area contributed by atoms with Crippen LogP contribution in [0.15, 0.2) is 65.6 Å². The second kappa shape index (κ2) is 10.5. The molecule has 1 heterocycles. The Labute approximate surface area is 204 Å². The second-order valence-corrected chi connectivity index (χ2v) is 9.68. The molecule has 34 heavy (non-hydrogen) atoms. The Bertz CT molecular complexity index is 1170. The van der Waals surface area contributed by atoms with E-state index in [2.05, 4.69) is 18.2 Å². The Balaban J connectivity index is 1.91. The van der Waals surface area contributed by atoms with Crippen LogP contribution in [0.3, 0.4) is 0 Å². The van der Waals surface area contributed by atoms with Crippen molar-refractivity contribution < 1.29 is 19.1 Å². The van der Waals surface area contributed by atoms with Crippen molar-refractivity contribution in [1.29, 1.82) is 0 Å². The number of carbonyl (C=O) groups is 2. The van der Waals surface area contributed by atoms with E-state index in [0.717, 1.165) is 32.7 Å². The molecule has 3 aromatic carbocycles. The minimum absolute atomic E-state index is 0.202. The van der Waals surface area contributed by atoms with Gasteiger partial charge in [0.1, 0.15) is 5.75 Å². The summed E-state index contributed by atoms with van der Waals surface area (Å²) in [5.41, 5.74) is 1.75. The molecule has 6 nitrogen and oxygen atoms in total. The highest BCUT2D eigenvalue weighted by molar-refractivity contribution is 7.99. The van der Waals surface area contributed by atoms with Crippen molar-refractivity contribution >= 4 is 40.1 Å². The van der Waals surface area contributed by atoms with Gasteiger partial charge < -0.3 is 19.3 Å². The number of carbonyl (C=O) groups excluding carboxylic acids is 2. The monoisotopic (exact) mass is 478 g/mol. The SMILES string of the molecule is CCC(=O)O[C@H]1C(=O)N(CCN(C)C)c2cccc3cccc(c23)S[C@H]1c1ccc(OC)cc1. The lowest BCUT2D eigenvalue weighted by Crippen LogP contribution is -2.47. The summed E-state index contributed by atoms with van der Waals surface area (Å²) in [6.45, 7) is 2.91. The van der Waals surface area contributed by atoms with Crippen LogP contribution in [0.5, 0.6) is 5.75 Å². The van der Waals surface area contributed by atoms with Crippen molar-refractivity contribution in [3.63, 3.8) is 0 Å². The first kappa shape index (κ1) is 24.1. The maximum absolute atomic E-state index is 14.1. The van der Waals surface area contributed by atoms with Gasteiger partial charge in [-0.1, -0.05) is 43.3 Å². The molecule has 0 N–H and O–H groups in total. The highest BCUT2D eigenvalue weighted by atomic mass is 32.2. The van der Waals surface area contributed by atoms with Gasteiger partial charge in [-0.15, -0.1) is 11.8 Å². The van der Waals surface area contributed by atoms with E-state index in [4.69, 9.17) is 9.47 Å². The van der Waals surface area contributed by atoms with Crippen LogP contribution >= 0.6 is 11.8 Å². The van der Waals surface area contributed by atoms with Crippen LogP contribution in [0.2, 0.25) is 0 Å². The Morgan fingerprint density at radius 2 is 1.76 bits per heavy atom. The molecular weight excluding hydrogens is 448 g/mol. The molecule has 178 valence electrons. The third kappa shape index (κ3) is 4.91. The number of rotatable bonds is 7. The molecule has 3 aromatic rings. The quantitative estimate of drug-likeness (QED) is 0.450. The molecule has 1 aliphatic rings. The van der Waals surface area contributed by atoms with Gasteiger partial charge in [-0.25, -0.2) is 0 Å². The molecule has 0 aromatic heterocycles. The van der Waals surface area contributed by atoms with E-state index in [9.17, 15) is 9.59 Å². The topological polar surface area (TPSA) is 59.1 Å². The van der Waals surface area contributed by atoms with Crippen LogP contribution in [-0.4, -0.2) is 57.2 Å². The Morgan fingerprint density at radius 1 is 1.06 bits per heavy atom. The molecule has 0 saturated heterocycles. The van der Waals surface area contributed by atoms with Crippen molar-refractivity contribution in [3.8, 4) is 5.75 Å². The molecule has 0 bridgehead atoms. The van der Waals surface area contributed by atoms with Gasteiger partial charge in [0, 0.05) is 29.8 Å². The van der Waals surface area contributed by atoms with Crippen molar-refractivity contribution in [3.05, 3.63) is 66.2 Å². The summed E-state index contributed by atoms with van der Waals surface area (Å²) >= 11 is 1.56. The Hall–Kier alpha value is -3.03. The number of nitrogens with zero attached hydrogens (tertiary/aromatic N) is 2. The molecule has 0 radical (unpaired) electrons. The molecule has 0 fully saturated rings. The number of esters is 1. The number of amides is 1. The third-order valence-electron chi connectivity index (χ3n) is 5.94. The summed E-state index contributed by atoms with van der Waals surface area (Å²) in [6.07, 6.45) is -0.759. The predicted molar refractivity (Wildman–Crippen MR) is 137 cm³/mol. The molecule has 4 rings (SSSR count). The zero-order chi connectivity index (χ0) is 24.2. The highest BCUT2D eigenvalue weighted by Gasteiger charge is 2.39. The van der Waals surface area contributed by atoms with E-state index in [0.29, 0.717) is 13.1 Å². The lowest BCUT2D eigenvalue weighted by Gasteiger charge is -2.35. The standard InChI is InChI=1S/C27H30N2O4S/c1-5-23(30)33-25-26(19-12-14-20(32-4)15-13-19)34-22-11-7-9-18-8-6-10-21(24(18)22)29(27(25)31)17-16-28(2)3/h6-15,25-26H,5,16-17H2,1-4H3/t25-,26+/m1/s1. The highest BCUT2D eigenvalue weighted by Crippen LogP contribution is 2.47. The zero-order valence-corrected chi connectivity index (χ0v) is 20.8. The average molecular weight is 479 g/mol. The van der Waals surface area contributed by atoms with E-state index in [1.54, 1.807) is 30.7 Å². The fraction of sp³-hybridized carbons (Fsp3) is 0.333. The van der Waals surface area contributed by atoms with Gasteiger partial charge in [-0.3, -0.25) is 9.59 Å². The molecule has 2 atom stereocenters. The largest absolute Gasteiger partial charge is 0.497 e. The van der Waals surface area contributed by atoms with E-state index in [1.807, 2.05) is 61.5 Å². The molecule has 0 saturated carbocycles. The van der Waals surface area contributed by atoms with Crippen LogP contribution in [-0.2, 0) is 14.3 Å². The van der Waals surface area contributed by atoms with Gasteiger partial charge in [0.25, 0.3) is 5.91 Å². The third-order valence-corrected chi connectivity index (χ3v) is 7.30. The summed E-state index contributed by atoms with van der Waals surface area (Å²) < 4.78 is 11.2. The number of hydrogen-bond acceptors (Lipinski definition) is 6. The van der Waals surface area contributed by atoms with Crippen LogP contribution in [0.25, 0.3) is 10.8 Å². The fourth-order valence-electron chi connectivity index (χ4n) is 4.12. The van der Waals surface area contributed by atoms with Crippen molar-refractivity contribution in [1.82, 2.24) is 4.90 Å². The average Bonchev–Trinajstić information content (AvgIpc) is 2.85. The maximum Gasteiger partial charge on any atom is 0.306 e. The Morgan fingerprint density at radius 3 is 2.41 bits per heavy atom. The smallest absolute Gasteiger partial charge is 0.306 e. The molecule has 1 aliphatic heterocycles. The number of hydrogen-bond donors (Lipinski definition) is 0. The van der Waals surface area contributed by atoms with Gasteiger partial charge in [-0.2, -0.15) is 0 Å². The number of likely N-dealkylation sites (N-methyl/N-ethyl adjacent to an activating group) is 1. The second-order valence-electron chi connectivity index (χ2n) is 8.50. The number of methoxy groups -OCH3 is 1. The first-order valence-corrected chi connectivity index (χ1v) is 12.3. The van der Waals surface area contributed by atoms with Crippen molar-refractivity contribution in [2.24, 2.45) is 0 Å². The zero-order valence-electron chi connectivity index (χ0n) is 20.0. The lowest BCUT2D eigenvalue weighted by atomic mass is 10.0. The van der Waals surface area contributed by atoms with Crippen LogP contribution < -0.4 is 9.64 Å². The van der Waals surface area contributed by atoms with E-state index in [1.165, 1.54) is 0 Å². The van der Waals surface area contributed by atoms with Gasteiger partial charge in [0.2, 0.25) is 0 Å². The van der Waals surface area contributed by atoms with Crippen molar-refractivity contribution in [2.45, 2.75) is 29.6 Å². The number of ether oxygens (including phenoxy) is 2. The van der Waals surface area contributed by atoms with Gasteiger partial charge in [0.05, 0.1) is 18.0 Å². The van der Waals surface area contributed by atoms with Gasteiger partial charge >= 0.3 is 5.97 Å². The number of anilines is 1. The number of thioether (sulfide) groups is 1. The van der Waals surface area contributed by atoms with E-state index in [-0.39, 0.29) is 12.3 Å². The lowest BCUT2D eigenvalue weighted by molar-refractivity contribution is -0.154. The molecular formula is C27H30N2O4S. The minimum Gasteiger partial charge on any atom is -0.497 e. The summed E-state index contributed by atoms with van der Waals surface area (Å²) in [5.74, 6) is 0.129. The summed E-state index contributed by atoms with van der Waals surface area (Å²) in [5, 5.41) is 1.71. The summed E-state index contributed by atoms with van der Waals surface area (Å²) in [4.78, 5) is 31.5. The van der Waals surface area contributed by atoms with Crippen LogP contribution in [0, 0.1) is 0 Å². The van der Waals surface area contributed by atoms with Gasteiger partial charge in [0.15, 0.2) is 6.10 Å². The fourth-order valence-corrected chi connectivity index (χ4v) is 5.47. The maximum atomic E-state index is 14.1. The normalized spacial score (nSPS) is 18.0. The predicted octanol–water partition coefficient (Wildman–Crippen LogP) is 4.91. The first-order valence-electron chi connectivity index (χ1n) is 11.4. The first-order chi connectivity index (χ1) is 16.4. The van der Waals surface area contributed by atoms with E-state index >= 15 is 0 Å². The summed E-state index contributed by atoms with van der Waals surface area (Å²) in [6, 6.07) is 19.8. The van der Waals surface area contributed by atoms with E-state index < -0.39 is 17.3 Å². The van der Waals surface area contributed by atoms with Crippen LogP contribution in [0.4, 0.5) is 5.69 Å². The van der Waals surface area contributed by atoms with Crippen LogP contribution in [0.1, 0.15) is 24.2 Å².